The predicted octanol–water partition coefficient (Wildman–Crippen LogP) is 1.95. The van der Waals surface area contributed by atoms with Crippen molar-refractivity contribution in [2.24, 2.45) is 0 Å². The van der Waals surface area contributed by atoms with Crippen molar-refractivity contribution in [3.63, 3.8) is 0 Å². The van der Waals surface area contributed by atoms with Crippen LogP contribution in [0, 0.1) is 20.2 Å². The van der Waals surface area contributed by atoms with Gasteiger partial charge in [0.05, 0.1) is 10.5 Å². The maximum absolute atomic E-state index is 11.4. The van der Waals surface area contributed by atoms with Gasteiger partial charge in [-0.3, -0.25) is 20.2 Å². The summed E-state index contributed by atoms with van der Waals surface area (Å²) in [5.74, 6) is 0. The summed E-state index contributed by atoms with van der Waals surface area (Å²) in [6.07, 6.45) is 4.61. The molecule has 104 valence electrons. The molecule has 1 N–H and O–H groups in total. The van der Waals surface area contributed by atoms with Crippen LogP contribution in [-0.2, 0) is 0 Å². The summed E-state index contributed by atoms with van der Waals surface area (Å²) >= 11 is 0. The number of nitro benzene ring substituents is 1. The third-order valence-electron chi connectivity index (χ3n) is 3.36. The topological polar surface area (TPSA) is 107 Å². The molecular formula is C13H12N2O5. The van der Waals surface area contributed by atoms with Gasteiger partial charge in [-0.1, -0.05) is 30.4 Å². The Balaban J connectivity index is 2.66. The molecule has 1 aliphatic rings. The number of benzene rings is 1. The van der Waals surface area contributed by atoms with E-state index in [1.807, 2.05) is 0 Å². The van der Waals surface area contributed by atoms with E-state index in [4.69, 9.17) is 0 Å². The fourth-order valence-electron chi connectivity index (χ4n) is 2.27. The fourth-order valence-corrected chi connectivity index (χ4v) is 2.27. The highest BCUT2D eigenvalue weighted by atomic mass is 16.6. The van der Waals surface area contributed by atoms with E-state index in [2.05, 4.69) is 0 Å². The molecule has 1 atom stereocenters. The molecule has 7 heteroatoms. The number of aliphatic hydroxyl groups is 1. The normalized spacial score (nSPS) is 21.4. The van der Waals surface area contributed by atoms with Gasteiger partial charge >= 0.3 is 0 Å². The standard InChI is InChI=1S/C13H12N2O5/c16-9-13(15(19)20)8-4-3-6-11(13)10-5-1-2-7-12(10)14(17)18/h1-7,16H,8-9H2. The molecule has 0 amide bonds. The van der Waals surface area contributed by atoms with Gasteiger partial charge in [-0.2, -0.15) is 0 Å². The van der Waals surface area contributed by atoms with Gasteiger partial charge in [0.25, 0.3) is 11.2 Å². The van der Waals surface area contributed by atoms with Gasteiger partial charge < -0.3 is 5.11 Å². The average molecular weight is 276 g/mol. The Morgan fingerprint density at radius 3 is 2.55 bits per heavy atom. The first-order chi connectivity index (χ1) is 9.53. The second kappa shape index (κ2) is 5.22. The van der Waals surface area contributed by atoms with Crippen LogP contribution in [0.1, 0.15) is 12.0 Å². The zero-order chi connectivity index (χ0) is 14.8. The molecule has 0 saturated heterocycles. The quantitative estimate of drug-likeness (QED) is 0.668. The Bertz CT molecular complexity index is 623. The molecule has 1 aromatic rings. The molecule has 1 unspecified atom stereocenters. The first-order valence-corrected chi connectivity index (χ1v) is 5.89. The van der Waals surface area contributed by atoms with Gasteiger partial charge in [0.1, 0.15) is 6.61 Å². The highest BCUT2D eigenvalue weighted by Gasteiger charge is 2.48. The SMILES string of the molecule is O=[N+]([O-])c1ccccc1C1=CC=CCC1(CO)[N+](=O)[O-]. The predicted molar refractivity (Wildman–Crippen MR) is 71.6 cm³/mol. The molecular weight excluding hydrogens is 264 g/mol. The Kier molecular flexibility index (Phi) is 3.62. The van der Waals surface area contributed by atoms with Crippen molar-refractivity contribution < 1.29 is 15.0 Å². The Morgan fingerprint density at radius 1 is 1.25 bits per heavy atom. The lowest BCUT2D eigenvalue weighted by molar-refractivity contribution is -0.553. The zero-order valence-electron chi connectivity index (χ0n) is 10.4. The third-order valence-corrected chi connectivity index (χ3v) is 3.36. The lowest BCUT2D eigenvalue weighted by atomic mass is 9.80. The first-order valence-electron chi connectivity index (χ1n) is 5.89. The van der Waals surface area contributed by atoms with Crippen LogP contribution in [0.15, 0.2) is 42.5 Å². The highest BCUT2D eigenvalue weighted by molar-refractivity contribution is 5.80. The molecule has 0 radical (unpaired) electrons. The Labute approximate surface area is 114 Å². The lowest BCUT2D eigenvalue weighted by Gasteiger charge is -2.26. The summed E-state index contributed by atoms with van der Waals surface area (Å²) < 4.78 is 0. The van der Waals surface area contributed by atoms with E-state index in [9.17, 15) is 25.3 Å². The molecule has 0 bridgehead atoms. The lowest BCUT2D eigenvalue weighted by Crippen LogP contribution is -2.43. The van der Waals surface area contributed by atoms with Crippen LogP contribution in [0.5, 0.6) is 0 Å². The summed E-state index contributed by atoms with van der Waals surface area (Å²) in [5.41, 5.74) is -1.64. The minimum absolute atomic E-state index is 0.00557. The monoisotopic (exact) mass is 276 g/mol. The van der Waals surface area contributed by atoms with E-state index in [0.717, 1.165) is 0 Å². The van der Waals surface area contributed by atoms with Crippen LogP contribution in [0.4, 0.5) is 5.69 Å². The fraction of sp³-hybridized carbons (Fsp3) is 0.231. The maximum Gasteiger partial charge on any atom is 0.277 e. The highest BCUT2D eigenvalue weighted by Crippen LogP contribution is 2.39. The van der Waals surface area contributed by atoms with Crippen molar-refractivity contribution in [1.29, 1.82) is 0 Å². The summed E-state index contributed by atoms with van der Waals surface area (Å²) in [6.45, 7) is -0.720. The van der Waals surface area contributed by atoms with Gasteiger partial charge in [-0.05, 0) is 6.07 Å². The van der Waals surface area contributed by atoms with Crippen molar-refractivity contribution in [2.75, 3.05) is 6.61 Å². The number of allylic oxidation sites excluding steroid dienone is 2. The van der Waals surface area contributed by atoms with E-state index in [0.29, 0.717) is 0 Å². The first kappa shape index (κ1) is 13.9. The van der Waals surface area contributed by atoms with Crippen molar-refractivity contribution in [3.8, 4) is 0 Å². The summed E-state index contributed by atoms with van der Waals surface area (Å²) in [7, 11) is 0. The molecule has 20 heavy (non-hydrogen) atoms. The van der Waals surface area contributed by atoms with Gasteiger partial charge in [-0.15, -0.1) is 0 Å². The van der Waals surface area contributed by atoms with Crippen LogP contribution in [0.2, 0.25) is 0 Å². The number of nitro groups is 2. The molecule has 0 spiro atoms. The second-order valence-corrected chi connectivity index (χ2v) is 4.43. The van der Waals surface area contributed by atoms with E-state index in [1.54, 1.807) is 18.2 Å². The van der Waals surface area contributed by atoms with E-state index in [-0.39, 0.29) is 23.2 Å². The largest absolute Gasteiger partial charge is 0.388 e. The van der Waals surface area contributed by atoms with Crippen LogP contribution in [0.3, 0.4) is 0 Å². The minimum Gasteiger partial charge on any atom is -0.388 e. The van der Waals surface area contributed by atoms with Crippen molar-refractivity contribution in [3.05, 3.63) is 68.3 Å². The van der Waals surface area contributed by atoms with Gasteiger partial charge in [-0.25, -0.2) is 0 Å². The van der Waals surface area contributed by atoms with Crippen LogP contribution in [0.25, 0.3) is 5.57 Å². The van der Waals surface area contributed by atoms with Crippen LogP contribution < -0.4 is 0 Å². The van der Waals surface area contributed by atoms with E-state index in [1.165, 1.54) is 24.3 Å². The number of para-hydroxylation sites is 1. The third kappa shape index (κ3) is 2.08. The van der Waals surface area contributed by atoms with Gasteiger partial charge in [0.15, 0.2) is 0 Å². The number of rotatable bonds is 4. The van der Waals surface area contributed by atoms with E-state index >= 15 is 0 Å². The number of hydrogen-bond donors (Lipinski definition) is 1. The molecule has 0 heterocycles. The molecule has 0 aromatic heterocycles. The number of hydrogen-bond acceptors (Lipinski definition) is 5. The summed E-state index contributed by atoms with van der Waals surface area (Å²) in [5, 5.41) is 31.9. The average Bonchev–Trinajstić information content (AvgIpc) is 2.46. The van der Waals surface area contributed by atoms with Crippen LogP contribution in [-0.4, -0.2) is 27.1 Å². The maximum atomic E-state index is 11.4. The van der Waals surface area contributed by atoms with Crippen molar-refractivity contribution in [2.45, 2.75) is 12.0 Å². The minimum atomic E-state index is -1.74. The van der Waals surface area contributed by atoms with Gasteiger partial charge in [0.2, 0.25) is 0 Å². The molecule has 0 aliphatic heterocycles. The second-order valence-electron chi connectivity index (χ2n) is 4.43. The van der Waals surface area contributed by atoms with E-state index < -0.39 is 22.0 Å². The van der Waals surface area contributed by atoms with Crippen molar-refractivity contribution in [1.82, 2.24) is 0 Å². The number of aliphatic hydroxyl groups excluding tert-OH is 1. The molecule has 2 rings (SSSR count). The smallest absolute Gasteiger partial charge is 0.277 e. The summed E-state index contributed by atoms with van der Waals surface area (Å²) in [6, 6.07) is 5.81. The molecule has 0 saturated carbocycles. The zero-order valence-corrected chi connectivity index (χ0v) is 10.4. The molecule has 7 nitrogen and oxygen atoms in total. The van der Waals surface area contributed by atoms with Crippen molar-refractivity contribution >= 4 is 11.3 Å². The van der Waals surface area contributed by atoms with Gasteiger partial charge in [0, 0.05) is 23.0 Å². The van der Waals surface area contributed by atoms with Crippen LogP contribution >= 0.6 is 0 Å². The summed E-state index contributed by atoms with van der Waals surface area (Å²) in [4.78, 5) is 21.3. The Hall–Kier alpha value is -2.54. The molecule has 1 aliphatic carbocycles. The number of nitrogens with zero attached hydrogens (tertiary/aromatic N) is 2. The molecule has 1 aromatic carbocycles. The molecule has 0 fully saturated rings. The Morgan fingerprint density at radius 2 is 1.95 bits per heavy atom.